The van der Waals surface area contributed by atoms with Gasteiger partial charge >= 0.3 is 0 Å². The van der Waals surface area contributed by atoms with E-state index in [2.05, 4.69) is 44.1 Å². The third kappa shape index (κ3) is 0.718. The Morgan fingerprint density at radius 1 is 1.50 bits per heavy atom. The number of hydrogen-bond donors (Lipinski definition) is 1. The van der Waals surface area contributed by atoms with Gasteiger partial charge in [0.1, 0.15) is 0 Å². The van der Waals surface area contributed by atoms with Gasteiger partial charge in [0.2, 0.25) is 0 Å². The molecule has 0 aromatic heterocycles. The van der Waals surface area contributed by atoms with Crippen molar-refractivity contribution in [3.63, 3.8) is 0 Å². The molecule has 0 radical (unpaired) electrons. The largest absolute Gasteiger partial charge is 0.316 e. The first-order chi connectivity index (χ1) is 4.59. The Bertz CT molecular complexity index is 169. The zero-order chi connectivity index (χ0) is 7.41. The summed E-state index contributed by atoms with van der Waals surface area (Å²) in [6.07, 6.45) is 1.29. The minimum Gasteiger partial charge on any atom is -0.316 e. The van der Waals surface area contributed by atoms with Gasteiger partial charge in [-0.1, -0.05) is 38.8 Å². The molecule has 0 amide bonds. The molecule has 10 heavy (non-hydrogen) atoms. The van der Waals surface area contributed by atoms with Crippen LogP contribution in [-0.2, 0) is 0 Å². The minimum absolute atomic E-state index is 0.247. The molecule has 1 nitrogen and oxygen atoms in total. The van der Waals surface area contributed by atoms with Gasteiger partial charge in [0.05, 0.1) is 3.23 Å². The molecule has 2 atom stereocenters. The summed E-state index contributed by atoms with van der Waals surface area (Å²) >= 11 is 7.42. The van der Waals surface area contributed by atoms with E-state index in [4.69, 9.17) is 0 Å². The molecule has 0 aromatic carbocycles. The van der Waals surface area contributed by atoms with E-state index in [1.165, 1.54) is 13.0 Å². The summed E-state index contributed by atoms with van der Waals surface area (Å²) in [5, 5.41) is 3.40. The zero-order valence-corrected chi connectivity index (χ0v) is 9.13. The van der Waals surface area contributed by atoms with Crippen molar-refractivity contribution in [1.29, 1.82) is 0 Å². The van der Waals surface area contributed by atoms with Crippen LogP contribution in [-0.4, -0.2) is 16.3 Å². The Balaban J connectivity index is 2.20. The average molecular weight is 269 g/mol. The van der Waals surface area contributed by atoms with Crippen molar-refractivity contribution in [1.82, 2.24) is 5.32 Å². The van der Waals surface area contributed by atoms with Crippen LogP contribution in [0.25, 0.3) is 0 Å². The van der Waals surface area contributed by atoms with Crippen LogP contribution >= 0.6 is 31.9 Å². The smallest absolute Gasteiger partial charge is 0.0909 e. The Morgan fingerprint density at radius 3 is 2.60 bits per heavy atom. The lowest BCUT2D eigenvalue weighted by atomic mass is 9.99. The number of fused-ring (bicyclic) bond motifs is 1. The number of piperidine rings is 1. The van der Waals surface area contributed by atoms with Crippen LogP contribution in [0.2, 0.25) is 0 Å². The lowest BCUT2D eigenvalue weighted by molar-refractivity contribution is 0.382. The van der Waals surface area contributed by atoms with Gasteiger partial charge < -0.3 is 5.32 Å². The van der Waals surface area contributed by atoms with Crippen molar-refractivity contribution in [3.05, 3.63) is 0 Å². The quantitative estimate of drug-likeness (QED) is 0.664. The maximum atomic E-state index is 3.71. The highest BCUT2D eigenvalue weighted by molar-refractivity contribution is 9.25. The number of nitrogens with one attached hydrogen (secondary N) is 1. The highest BCUT2D eigenvalue weighted by atomic mass is 79.9. The third-order valence-electron chi connectivity index (χ3n) is 3.05. The summed E-state index contributed by atoms with van der Waals surface area (Å²) in [5.74, 6) is 0.786. The van der Waals surface area contributed by atoms with Crippen molar-refractivity contribution in [3.8, 4) is 0 Å². The second kappa shape index (κ2) is 1.99. The van der Waals surface area contributed by atoms with Crippen molar-refractivity contribution in [2.75, 3.05) is 13.1 Å². The first-order valence-electron chi connectivity index (χ1n) is 3.67. The predicted molar refractivity (Wildman–Crippen MR) is 49.7 cm³/mol. The Kier molecular flexibility index (Phi) is 1.50. The number of hydrogen-bond acceptors (Lipinski definition) is 1. The summed E-state index contributed by atoms with van der Waals surface area (Å²) in [6.45, 7) is 4.68. The van der Waals surface area contributed by atoms with Crippen molar-refractivity contribution in [2.24, 2.45) is 11.3 Å². The Hall–Kier alpha value is 0.920. The molecule has 1 saturated carbocycles. The molecular weight excluding hydrogens is 258 g/mol. The van der Waals surface area contributed by atoms with Gasteiger partial charge in [0, 0.05) is 17.9 Å². The van der Waals surface area contributed by atoms with Gasteiger partial charge in [-0.25, -0.2) is 0 Å². The fraction of sp³-hybridized carbons (Fsp3) is 1.00. The van der Waals surface area contributed by atoms with E-state index in [-0.39, 0.29) is 3.23 Å². The van der Waals surface area contributed by atoms with Crippen LogP contribution in [0.1, 0.15) is 13.3 Å². The maximum absolute atomic E-state index is 3.71. The fourth-order valence-corrected chi connectivity index (χ4v) is 4.02. The Labute approximate surface area is 78.2 Å². The molecule has 0 unspecified atom stereocenters. The van der Waals surface area contributed by atoms with Gasteiger partial charge in [-0.3, -0.25) is 0 Å². The summed E-state index contributed by atoms with van der Waals surface area (Å²) in [7, 11) is 0. The molecule has 1 N–H and O–H groups in total. The molecule has 1 saturated heterocycles. The molecule has 2 fully saturated rings. The number of rotatable bonds is 0. The second-order valence-electron chi connectivity index (χ2n) is 3.55. The fourth-order valence-electron chi connectivity index (χ4n) is 1.96. The first kappa shape index (κ1) is 7.56. The lowest BCUT2D eigenvalue weighted by Crippen LogP contribution is -2.27. The predicted octanol–water partition coefficient (Wildman–Crippen LogP) is 2.10. The zero-order valence-electron chi connectivity index (χ0n) is 5.95. The van der Waals surface area contributed by atoms with E-state index < -0.39 is 0 Å². The van der Waals surface area contributed by atoms with Gasteiger partial charge in [-0.15, -0.1) is 0 Å². The first-order valence-corrected chi connectivity index (χ1v) is 5.26. The van der Waals surface area contributed by atoms with Crippen LogP contribution in [0.15, 0.2) is 0 Å². The lowest BCUT2D eigenvalue weighted by Gasteiger charge is -2.16. The molecule has 2 rings (SSSR count). The monoisotopic (exact) mass is 267 g/mol. The van der Waals surface area contributed by atoms with E-state index in [9.17, 15) is 0 Å². The summed E-state index contributed by atoms with van der Waals surface area (Å²) in [4.78, 5) is 0. The van der Waals surface area contributed by atoms with E-state index >= 15 is 0 Å². The molecule has 2 aliphatic rings. The Morgan fingerprint density at radius 2 is 2.20 bits per heavy atom. The molecule has 0 aromatic rings. The van der Waals surface area contributed by atoms with Crippen molar-refractivity contribution >= 4 is 31.9 Å². The van der Waals surface area contributed by atoms with Crippen LogP contribution in [0.4, 0.5) is 0 Å². The molecule has 1 aliphatic carbocycles. The minimum atomic E-state index is 0.247. The second-order valence-corrected chi connectivity index (χ2v) is 7.11. The highest BCUT2D eigenvalue weighted by Gasteiger charge is 2.71. The van der Waals surface area contributed by atoms with Crippen LogP contribution in [0.3, 0.4) is 0 Å². The van der Waals surface area contributed by atoms with Crippen LogP contribution < -0.4 is 5.32 Å². The molecule has 3 heteroatoms. The number of halogens is 2. The summed E-state index contributed by atoms with van der Waals surface area (Å²) < 4.78 is 0.247. The van der Waals surface area contributed by atoms with E-state index in [1.807, 2.05) is 0 Å². The van der Waals surface area contributed by atoms with Crippen molar-refractivity contribution < 1.29 is 0 Å². The van der Waals surface area contributed by atoms with Gasteiger partial charge in [0.25, 0.3) is 0 Å². The highest BCUT2D eigenvalue weighted by Crippen LogP contribution is 2.73. The molecule has 1 heterocycles. The average Bonchev–Trinajstić information content (AvgIpc) is 2.30. The van der Waals surface area contributed by atoms with Crippen molar-refractivity contribution in [2.45, 2.75) is 16.6 Å². The maximum Gasteiger partial charge on any atom is 0.0909 e. The topological polar surface area (TPSA) is 12.0 Å². The van der Waals surface area contributed by atoms with Gasteiger partial charge in [-0.05, 0) is 13.0 Å². The van der Waals surface area contributed by atoms with Crippen LogP contribution in [0.5, 0.6) is 0 Å². The molecule has 1 aliphatic heterocycles. The molecular formula is C7H11Br2N. The normalized spacial score (nSPS) is 50.1. The van der Waals surface area contributed by atoms with Crippen LogP contribution in [0, 0.1) is 11.3 Å². The SMILES string of the molecule is C[C@]12CCNC[C@@H]1C2(Br)Br. The molecule has 0 bridgehead atoms. The summed E-state index contributed by atoms with van der Waals surface area (Å²) in [5.41, 5.74) is 0.512. The van der Waals surface area contributed by atoms with E-state index in [0.717, 1.165) is 12.5 Å². The van der Waals surface area contributed by atoms with Gasteiger partial charge in [-0.2, -0.15) is 0 Å². The number of alkyl halides is 2. The standard InChI is InChI=1S/C7H11Br2N/c1-6-2-3-10-4-5(6)7(6,8)9/h5,10H,2-4H2,1H3/t5-,6-/m0/s1. The molecule has 58 valence electrons. The van der Waals surface area contributed by atoms with Gasteiger partial charge in [0.15, 0.2) is 0 Å². The van der Waals surface area contributed by atoms with E-state index in [0.29, 0.717) is 5.41 Å². The van der Waals surface area contributed by atoms with E-state index in [1.54, 1.807) is 0 Å². The molecule has 0 spiro atoms. The summed E-state index contributed by atoms with van der Waals surface area (Å²) in [6, 6.07) is 0. The third-order valence-corrected chi connectivity index (χ3v) is 5.97.